The van der Waals surface area contributed by atoms with Gasteiger partial charge in [-0.15, -0.1) is 0 Å². The fourth-order valence-electron chi connectivity index (χ4n) is 2.60. The average Bonchev–Trinajstić information content (AvgIpc) is 2.69. The molecule has 0 aliphatic carbocycles. The Morgan fingerprint density at radius 3 is 2.57 bits per heavy atom. The van der Waals surface area contributed by atoms with Crippen LogP contribution in [0.1, 0.15) is 19.4 Å². The van der Waals surface area contributed by atoms with Crippen molar-refractivity contribution in [1.82, 2.24) is 10.2 Å². The van der Waals surface area contributed by atoms with E-state index in [1.54, 1.807) is 6.07 Å². The monoisotopic (exact) mass is 452 g/mol. The van der Waals surface area contributed by atoms with Gasteiger partial charge in [-0.3, -0.25) is 4.79 Å². The first-order valence-electron chi connectivity index (χ1n) is 9.31. The lowest BCUT2D eigenvalue weighted by Crippen LogP contribution is -2.29. The second-order valence-corrected chi connectivity index (χ2v) is 7.04. The highest BCUT2D eigenvalue weighted by molar-refractivity contribution is 9.10. The van der Waals surface area contributed by atoms with Crippen molar-refractivity contribution in [2.75, 3.05) is 32.8 Å². The van der Waals surface area contributed by atoms with E-state index < -0.39 is 5.82 Å². The maximum atomic E-state index is 13.7. The summed E-state index contributed by atoms with van der Waals surface area (Å²) in [5, 5.41) is 2.78. The number of carbonyl (C=O) groups excluding carboxylic acids is 1. The average molecular weight is 453 g/mol. The van der Waals surface area contributed by atoms with Crippen LogP contribution in [-0.2, 0) is 11.3 Å². The summed E-state index contributed by atoms with van der Waals surface area (Å²) >= 11 is 3.18. The van der Waals surface area contributed by atoms with Crippen LogP contribution < -0.4 is 14.8 Å². The Morgan fingerprint density at radius 1 is 1.11 bits per heavy atom. The summed E-state index contributed by atoms with van der Waals surface area (Å²) in [6, 6.07) is 12.0. The van der Waals surface area contributed by atoms with Gasteiger partial charge >= 0.3 is 0 Å². The van der Waals surface area contributed by atoms with E-state index in [0.29, 0.717) is 17.6 Å². The second kappa shape index (κ2) is 11.7. The number of nitrogens with one attached hydrogen (secondary N) is 1. The third-order valence-corrected chi connectivity index (χ3v) is 4.75. The zero-order valence-corrected chi connectivity index (χ0v) is 17.8. The van der Waals surface area contributed by atoms with Gasteiger partial charge in [0.1, 0.15) is 12.4 Å². The normalized spacial score (nSPS) is 10.8. The van der Waals surface area contributed by atoms with Crippen molar-refractivity contribution < 1.29 is 18.7 Å². The van der Waals surface area contributed by atoms with Crippen LogP contribution in [0.3, 0.4) is 0 Å². The van der Waals surface area contributed by atoms with Crippen molar-refractivity contribution in [2.24, 2.45) is 0 Å². The van der Waals surface area contributed by atoms with Crippen LogP contribution in [0.5, 0.6) is 11.5 Å². The lowest BCUT2D eigenvalue weighted by atomic mass is 10.2. The molecule has 0 radical (unpaired) electrons. The number of rotatable bonds is 11. The Labute approximate surface area is 174 Å². The second-order valence-electron chi connectivity index (χ2n) is 6.12. The van der Waals surface area contributed by atoms with Crippen LogP contribution in [0.4, 0.5) is 4.39 Å². The highest BCUT2D eigenvalue weighted by Gasteiger charge is 2.09. The summed E-state index contributed by atoms with van der Waals surface area (Å²) in [7, 11) is 0. The summed E-state index contributed by atoms with van der Waals surface area (Å²) < 4.78 is 25.5. The number of amides is 1. The molecule has 0 spiro atoms. The molecule has 1 N–H and O–H groups in total. The minimum atomic E-state index is -0.519. The molecule has 152 valence electrons. The Hall–Kier alpha value is -2.12. The van der Waals surface area contributed by atoms with Gasteiger partial charge in [0.05, 0.1) is 0 Å². The maximum absolute atomic E-state index is 13.7. The molecule has 1 amide bonds. The first kappa shape index (κ1) is 22.2. The van der Waals surface area contributed by atoms with Gasteiger partial charge in [-0.25, -0.2) is 4.39 Å². The van der Waals surface area contributed by atoms with Crippen molar-refractivity contribution in [3.05, 3.63) is 58.3 Å². The molecule has 0 saturated carbocycles. The van der Waals surface area contributed by atoms with E-state index in [1.165, 1.54) is 12.1 Å². The molecule has 7 heteroatoms. The summed E-state index contributed by atoms with van der Waals surface area (Å²) in [4.78, 5) is 14.3. The largest absolute Gasteiger partial charge is 0.492 e. The van der Waals surface area contributed by atoms with Crippen molar-refractivity contribution >= 4 is 21.8 Å². The minimum Gasteiger partial charge on any atom is -0.492 e. The van der Waals surface area contributed by atoms with Crippen LogP contribution in [-0.4, -0.2) is 43.7 Å². The number of halogens is 2. The van der Waals surface area contributed by atoms with Gasteiger partial charge < -0.3 is 19.7 Å². The zero-order chi connectivity index (χ0) is 20.4. The Morgan fingerprint density at radius 2 is 1.86 bits per heavy atom. The smallest absolute Gasteiger partial charge is 0.258 e. The molecular weight excluding hydrogens is 427 g/mol. The Kier molecular flexibility index (Phi) is 9.23. The molecule has 0 saturated heterocycles. The zero-order valence-electron chi connectivity index (χ0n) is 16.2. The maximum Gasteiger partial charge on any atom is 0.258 e. The highest BCUT2D eigenvalue weighted by Crippen LogP contribution is 2.21. The van der Waals surface area contributed by atoms with Crippen LogP contribution in [0.15, 0.2) is 46.9 Å². The molecule has 0 aliphatic heterocycles. The van der Waals surface area contributed by atoms with E-state index in [2.05, 4.69) is 40.0 Å². The van der Waals surface area contributed by atoms with Crippen LogP contribution >= 0.6 is 15.9 Å². The van der Waals surface area contributed by atoms with Crippen molar-refractivity contribution in [1.29, 1.82) is 0 Å². The fourth-order valence-corrected chi connectivity index (χ4v) is 2.93. The molecule has 2 aromatic carbocycles. The summed E-state index contributed by atoms with van der Waals surface area (Å²) in [5.74, 6) is -0.0669. The quantitative estimate of drug-likeness (QED) is 0.559. The number of nitrogens with zero attached hydrogens (tertiary/aromatic N) is 1. The fraction of sp³-hybridized carbons (Fsp3) is 0.381. The van der Waals surface area contributed by atoms with E-state index >= 15 is 0 Å². The van der Waals surface area contributed by atoms with Gasteiger partial charge in [0.2, 0.25) is 0 Å². The standard InChI is InChI=1S/C21H26BrFN2O3/c1-3-25(4-2)11-12-27-19-8-6-5-7-16(19)14-24-21(26)15-28-20-10-9-17(22)13-18(20)23/h5-10,13H,3-4,11-12,14-15H2,1-2H3,(H,24,26). The third kappa shape index (κ3) is 7.13. The molecular formula is C21H26BrFN2O3. The van der Waals surface area contributed by atoms with Crippen molar-refractivity contribution in [3.63, 3.8) is 0 Å². The topological polar surface area (TPSA) is 50.8 Å². The van der Waals surface area contributed by atoms with Gasteiger partial charge in [-0.05, 0) is 37.4 Å². The molecule has 0 atom stereocenters. The van der Waals surface area contributed by atoms with Crippen molar-refractivity contribution in [3.8, 4) is 11.5 Å². The molecule has 5 nitrogen and oxygen atoms in total. The lowest BCUT2D eigenvalue weighted by Gasteiger charge is -2.19. The molecule has 0 aromatic heterocycles. The van der Waals surface area contributed by atoms with E-state index in [-0.39, 0.29) is 18.3 Å². The van der Waals surface area contributed by atoms with Gasteiger partial charge in [-0.2, -0.15) is 0 Å². The molecule has 0 aliphatic rings. The number of ether oxygens (including phenoxy) is 2. The van der Waals surface area contributed by atoms with E-state index in [1.807, 2.05) is 24.3 Å². The summed E-state index contributed by atoms with van der Waals surface area (Å²) in [5.41, 5.74) is 0.880. The van der Waals surface area contributed by atoms with Gasteiger partial charge in [0.25, 0.3) is 5.91 Å². The summed E-state index contributed by atoms with van der Waals surface area (Å²) in [6.45, 7) is 7.69. The SMILES string of the molecule is CCN(CC)CCOc1ccccc1CNC(=O)COc1ccc(Br)cc1F. The van der Waals surface area contributed by atoms with Crippen LogP contribution in [0.2, 0.25) is 0 Å². The van der Waals surface area contributed by atoms with E-state index in [9.17, 15) is 9.18 Å². The number of para-hydroxylation sites is 1. The van der Waals surface area contributed by atoms with Gasteiger partial charge in [0.15, 0.2) is 18.2 Å². The van der Waals surface area contributed by atoms with Crippen LogP contribution in [0.25, 0.3) is 0 Å². The molecule has 2 rings (SSSR count). The van der Waals surface area contributed by atoms with Crippen LogP contribution in [0, 0.1) is 5.82 Å². The molecule has 0 bridgehead atoms. The predicted molar refractivity (Wildman–Crippen MR) is 111 cm³/mol. The number of benzene rings is 2. The molecule has 0 unspecified atom stereocenters. The van der Waals surface area contributed by atoms with E-state index in [0.717, 1.165) is 30.9 Å². The van der Waals surface area contributed by atoms with Gasteiger partial charge in [-0.1, -0.05) is 48.0 Å². The first-order valence-corrected chi connectivity index (χ1v) is 10.1. The number of likely N-dealkylation sites (N-methyl/N-ethyl adjacent to an activating group) is 1. The van der Waals surface area contributed by atoms with Crippen molar-refractivity contribution in [2.45, 2.75) is 20.4 Å². The first-order chi connectivity index (χ1) is 13.5. The molecule has 2 aromatic rings. The number of hydrogen-bond donors (Lipinski definition) is 1. The predicted octanol–water partition coefficient (Wildman–Crippen LogP) is 4.00. The Balaban J connectivity index is 1.82. The van der Waals surface area contributed by atoms with Gasteiger partial charge in [0, 0.05) is 23.1 Å². The third-order valence-electron chi connectivity index (χ3n) is 4.26. The lowest BCUT2D eigenvalue weighted by molar-refractivity contribution is -0.123. The van der Waals surface area contributed by atoms with E-state index in [4.69, 9.17) is 9.47 Å². The Bertz CT molecular complexity index is 769. The molecule has 28 heavy (non-hydrogen) atoms. The number of carbonyl (C=O) groups is 1. The number of hydrogen-bond acceptors (Lipinski definition) is 4. The minimum absolute atomic E-state index is 0.0403. The highest BCUT2D eigenvalue weighted by atomic mass is 79.9. The molecule has 0 heterocycles. The molecule has 0 fully saturated rings. The summed E-state index contributed by atoms with van der Waals surface area (Å²) in [6.07, 6.45) is 0.